The molecular formula is C16H21BrO. The van der Waals surface area contributed by atoms with Crippen molar-refractivity contribution in [2.45, 2.75) is 32.1 Å². The summed E-state index contributed by atoms with van der Waals surface area (Å²) in [5.74, 6) is 6.18. The van der Waals surface area contributed by atoms with Crippen molar-refractivity contribution in [3.8, 4) is 11.8 Å². The number of halogens is 1. The maximum Gasteiger partial charge on any atom is 0.0575 e. The van der Waals surface area contributed by atoms with Gasteiger partial charge in [-0.15, -0.1) is 11.8 Å². The topological polar surface area (TPSA) is 9.23 Å². The fourth-order valence-electron chi connectivity index (χ4n) is 1.63. The van der Waals surface area contributed by atoms with Crippen LogP contribution in [0.15, 0.2) is 30.3 Å². The fraction of sp³-hybridized carbons (Fsp3) is 0.500. The first-order valence-electron chi connectivity index (χ1n) is 6.57. The van der Waals surface area contributed by atoms with Gasteiger partial charge in [-0.3, -0.25) is 0 Å². The average Bonchev–Trinajstić information content (AvgIpc) is 2.42. The van der Waals surface area contributed by atoms with Gasteiger partial charge >= 0.3 is 0 Å². The molecule has 0 unspecified atom stereocenters. The van der Waals surface area contributed by atoms with E-state index in [9.17, 15) is 0 Å². The SMILES string of the molecule is BrCCC#CCCOCCCCc1ccccc1. The summed E-state index contributed by atoms with van der Waals surface area (Å²) >= 11 is 3.35. The Bertz CT molecular complexity index is 350. The lowest BCUT2D eigenvalue weighted by Crippen LogP contribution is -1.97. The van der Waals surface area contributed by atoms with Gasteiger partial charge in [-0.05, 0) is 24.8 Å². The largest absolute Gasteiger partial charge is 0.380 e. The highest BCUT2D eigenvalue weighted by Crippen LogP contribution is 2.04. The molecule has 98 valence electrons. The van der Waals surface area contributed by atoms with Crippen LogP contribution in [0.5, 0.6) is 0 Å². The van der Waals surface area contributed by atoms with Crippen LogP contribution in [0.3, 0.4) is 0 Å². The summed E-state index contributed by atoms with van der Waals surface area (Å²) in [6.45, 7) is 1.62. The number of ether oxygens (including phenoxy) is 1. The van der Waals surface area contributed by atoms with Crippen molar-refractivity contribution in [3.05, 3.63) is 35.9 Å². The Labute approximate surface area is 119 Å². The molecule has 0 spiro atoms. The van der Waals surface area contributed by atoms with Crippen molar-refractivity contribution in [1.29, 1.82) is 0 Å². The molecule has 1 aromatic carbocycles. The lowest BCUT2D eigenvalue weighted by atomic mass is 10.1. The Morgan fingerprint density at radius 2 is 1.72 bits per heavy atom. The van der Waals surface area contributed by atoms with Crippen LogP contribution in [-0.4, -0.2) is 18.5 Å². The Balaban J connectivity index is 1.89. The van der Waals surface area contributed by atoms with Crippen molar-refractivity contribution in [2.24, 2.45) is 0 Å². The van der Waals surface area contributed by atoms with E-state index in [4.69, 9.17) is 4.74 Å². The maximum absolute atomic E-state index is 5.54. The van der Waals surface area contributed by atoms with E-state index in [-0.39, 0.29) is 0 Å². The van der Waals surface area contributed by atoms with E-state index in [1.54, 1.807) is 0 Å². The Morgan fingerprint density at radius 3 is 2.50 bits per heavy atom. The second-order valence-corrected chi connectivity index (χ2v) is 4.89. The zero-order chi connectivity index (χ0) is 12.9. The third kappa shape index (κ3) is 8.33. The van der Waals surface area contributed by atoms with Gasteiger partial charge in [-0.25, -0.2) is 0 Å². The zero-order valence-corrected chi connectivity index (χ0v) is 12.4. The van der Waals surface area contributed by atoms with E-state index in [0.29, 0.717) is 0 Å². The van der Waals surface area contributed by atoms with Crippen LogP contribution in [0.4, 0.5) is 0 Å². The highest BCUT2D eigenvalue weighted by molar-refractivity contribution is 9.09. The number of unbranched alkanes of at least 4 members (excludes halogenated alkanes) is 1. The van der Waals surface area contributed by atoms with Gasteiger partial charge < -0.3 is 4.74 Å². The number of benzene rings is 1. The molecule has 0 radical (unpaired) electrons. The summed E-state index contributed by atoms with van der Waals surface area (Å²) in [6.07, 6.45) is 5.25. The van der Waals surface area contributed by atoms with E-state index in [1.807, 2.05) is 0 Å². The summed E-state index contributed by atoms with van der Waals surface area (Å²) in [4.78, 5) is 0. The number of hydrogen-bond donors (Lipinski definition) is 0. The van der Waals surface area contributed by atoms with Gasteiger partial charge in [-0.2, -0.15) is 0 Å². The summed E-state index contributed by atoms with van der Waals surface area (Å²) in [5, 5.41) is 0.959. The van der Waals surface area contributed by atoms with Crippen molar-refractivity contribution >= 4 is 15.9 Å². The van der Waals surface area contributed by atoms with Crippen molar-refractivity contribution in [1.82, 2.24) is 0 Å². The first-order valence-corrected chi connectivity index (χ1v) is 7.69. The first kappa shape index (κ1) is 15.3. The van der Waals surface area contributed by atoms with E-state index < -0.39 is 0 Å². The smallest absolute Gasteiger partial charge is 0.0575 e. The van der Waals surface area contributed by atoms with Crippen LogP contribution in [0, 0.1) is 11.8 Å². The lowest BCUT2D eigenvalue weighted by molar-refractivity contribution is 0.136. The summed E-state index contributed by atoms with van der Waals surface area (Å²) in [5.41, 5.74) is 1.41. The summed E-state index contributed by atoms with van der Waals surface area (Å²) in [7, 11) is 0. The quantitative estimate of drug-likeness (QED) is 0.397. The van der Waals surface area contributed by atoms with Crippen LogP contribution in [0.2, 0.25) is 0 Å². The minimum absolute atomic E-state index is 0.765. The van der Waals surface area contributed by atoms with Crippen LogP contribution in [0.1, 0.15) is 31.2 Å². The number of aryl methyl sites for hydroxylation is 1. The predicted molar refractivity (Wildman–Crippen MR) is 81.0 cm³/mol. The average molecular weight is 309 g/mol. The van der Waals surface area contributed by atoms with Crippen LogP contribution in [0.25, 0.3) is 0 Å². The first-order chi connectivity index (χ1) is 8.93. The standard InChI is InChI=1S/C16H21BrO/c17-13-7-1-2-8-14-18-15-9-6-12-16-10-4-3-5-11-16/h3-5,10-11H,6-9,12-15H2. The second-order valence-electron chi connectivity index (χ2n) is 4.10. The second kappa shape index (κ2) is 11.3. The summed E-state index contributed by atoms with van der Waals surface area (Å²) < 4.78 is 5.54. The van der Waals surface area contributed by atoms with Gasteiger partial charge in [0.2, 0.25) is 0 Å². The van der Waals surface area contributed by atoms with E-state index in [2.05, 4.69) is 58.1 Å². The number of alkyl halides is 1. The molecule has 2 heteroatoms. The molecule has 18 heavy (non-hydrogen) atoms. The molecule has 0 saturated carbocycles. The van der Waals surface area contributed by atoms with E-state index in [1.165, 1.54) is 12.0 Å². The zero-order valence-electron chi connectivity index (χ0n) is 10.8. The maximum atomic E-state index is 5.54. The third-order valence-corrected chi connectivity index (χ3v) is 2.96. The minimum atomic E-state index is 0.765. The van der Waals surface area contributed by atoms with Crippen molar-refractivity contribution in [2.75, 3.05) is 18.5 Å². The lowest BCUT2D eigenvalue weighted by Gasteiger charge is -2.02. The molecule has 0 aliphatic carbocycles. The third-order valence-electron chi connectivity index (χ3n) is 2.56. The molecule has 1 rings (SSSR count). The molecule has 1 aromatic rings. The van der Waals surface area contributed by atoms with E-state index in [0.717, 1.165) is 44.2 Å². The highest BCUT2D eigenvalue weighted by atomic mass is 79.9. The van der Waals surface area contributed by atoms with E-state index >= 15 is 0 Å². The molecule has 0 fully saturated rings. The molecule has 0 aromatic heterocycles. The van der Waals surface area contributed by atoms with Crippen LogP contribution < -0.4 is 0 Å². The molecule has 0 saturated heterocycles. The van der Waals surface area contributed by atoms with Crippen molar-refractivity contribution in [3.63, 3.8) is 0 Å². The van der Waals surface area contributed by atoms with Crippen LogP contribution >= 0.6 is 15.9 Å². The minimum Gasteiger partial charge on any atom is -0.380 e. The molecule has 0 aliphatic rings. The molecule has 0 aliphatic heterocycles. The van der Waals surface area contributed by atoms with Gasteiger partial charge in [0.05, 0.1) is 6.61 Å². The van der Waals surface area contributed by atoms with Crippen LogP contribution in [-0.2, 0) is 11.2 Å². The summed E-state index contributed by atoms with van der Waals surface area (Å²) in [6, 6.07) is 10.6. The fourth-order valence-corrected chi connectivity index (χ4v) is 1.83. The molecule has 0 N–H and O–H groups in total. The van der Waals surface area contributed by atoms with Gasteiger partial charge in [0.25, 0.3) is 0 Å². The molecular weight excluding hydrogens is 288 g/mol. The van der Waals surface area contributed by atoms with Crippen molar-refractivity contribution < 1.29 is 4.74 Å². The Hall–Kier alpha value is -0.780. The number of rotatable bonds is 8. The number of hydrogen-bond acceptors (Lipinski definition) is 1. The molecule has 0 bridgehead atoms. The Kier molecular flexibility index (Phi) is 9.61. The molecule has 0 heterocycles. The van der Waals surface area contributed by atoms with Gasteiger partial charge in [0.1, 0.15) is 0 Å². The van der Waals surface area contributed by atoms with Gasteiger partial charge in [0, 0.05) is 24.8 Å². The predicted octanol–water partition coefficient (Wildman–Crippen LogP) is 4.20. The highest BCUT2D eigenvalue weighted by Gasteiger charge is 1.92. The Morgan fingerprint density at radius 1 is 0.944 bits per heavy atom. The normalized spacial score (nSPS) is 9.83. The monoisotopic (exact) mass is 308 g/mol. The molecule has 1 nitrogen and oxygen atoms in total. The van der Waals surface area contributed by atoms with Gasteiger partial charge in [0.15, 0.2) is 0 Å². The van der Waals surface area contributed by atoms with Gasteiger partial charge in [-0.1, -0.05) is 46.3 Å². The molecule has 0 atom stereocenters. The molecule has 0 amide bonds.